The van der Waals surface area contributed by atoms with Crippen LogP contribution in [0.5, 0.6) is 0 Å². The van der Waals surface area contributed by atoms with Crippen molar-refractivity contribution < 1.29 is 18.8 Å². The van der Waals surface area contributed by atoms with E-state index in [1.807, 2.05) is 0 Å². The number of aromatic nitrogens is 2. The van der Waals surface area contributed by atoms with Gasteiger partial charge in [0.25, 0.3) is 11.8 Å². The summed E-state index contributed by atoms with van der Waals surface area (Å²) in [5.41, 5.74) is 1.40. The molecule has 1 N–H and O–H groups in total. The summed E-state index contributed by atoms with van der Waals surface area (Å²) < 4.78 is 12.9. The number of hydrogen-bond acceptors (Lipinski definition) is 6. The molecule has 1 aliphatic heterocycles. The van der Waals surface area contributed by atoms with Crippen molar-refractivity contribution in [3.8, 4) is 0 Å². The van der Waals surface area contributed by atoms with Gasteiger partial charge in [-0.3, -0.25) is 24.6 Å². The number of nitrogens with one attached hydrogen (secondary N) is 1. The predicted octanol–water partition coefficient (Wildman–Crippen LogP) is 3.13. The zero-order valence-electron chi connectivity index (χ0n) is 14.8. The Balaban J connectivity index is 1.39. The average molecular weight is 408 g/mol. The lowest BCUT2D eigenvalue weighted by Crippen LogP contribution is -2.29. The van der Waals surface area contributed by atoms with E-state index < -0.39 is 5.91 Å². The Labute approximate surface area is 168 Å². The van der Waals surface area contributed by atoms with Gasteiger partial charge >= 0.3 is 0 Å². The van der Waals surface area contributed by atoms with Gasteiger partial charge in [-0.2, -0.15) is 0 Å². The summed E-state index contributed by atoms with van der Waals surface area (Å²) in [5.74, 6) is -1.55. The topological polar surface area (TPSA) is 92.3 Å². The normalized spacial score (nSPS) is 13.2. The van der Waals surface area contributed by atoms with Crippen molar-refractivity contribution in [1.82, 2.24) is 15.1 Å². The molecule has 3 amide bonds. The molecule has 0 saturated heterocycles. The number of hydrogen-bond donors (Lipinski definition) is 1. The quantitative estimate of drug-likeness (QED) is 0.517. The van der Waals surface area contributed by atoms with Crippen molar-refractivity contribution in [1.29, 1.82) is 0 Å². The predicted molar refractivity (Wildman–Crippen MR) is 105 cm³/mol. The van der Waals surface area contributed by atoms with Crippen LogP contribution in [0, 0.1) is 5.82 Å². The van der Waals surface area contributed by atoms with E-state index in [1.54, 1.807) is 36.4 Å². The molecule has 144 valence electrons. The highest BCUT2D eigenvalue weighted by atomic mass is 32.1. The molecule has 2 aromatic carbocycles. The SMILES string of the molecule is O=C(/C=C/c1ccc(F)cc1)Nc1nnc(CN2C(=O)c3ccccc3C2=O)s1. The summed E-state index contributed by atoms with van der Waals surface area (Å²) in [6.07, 6.45) is 2.83. The largest absolute Gasteiger partial charge is 0.297 e. The zero-order valence-corrected chi connectivity index (χ0v) is 15.6. The van der Waals surface area contributed by atoms with Gasteiger partial charge in [0.15, 0.2) is 0 Å². The van der Waals surface area contributed by atoms with Crippen LogP contribution >= 0.6 is 11.3 Å². The molecule has 29 heavy (non-hydrogen) atoms. The number of amides is 3. The average Bonchev–Trinajstić information content (AvgIpc) is 3.26. The van der Waals surface area contributed by atoms with Crippen LogP contribution < -0.4 is 5.32 Å². The minimum Gasteiger partial charge on any atom is -0.297 e. The first-order valence-electron chi connectivity index (χ1n) is 8.53. The number of halogens is 1. The van der Waals surface area contributed by atoms with E-state index in [0.717, 1.165) is 16.2 Å². The van der Waals surface area contributed by atoms with E-state index in [2.05, 4.69) is 15.5 Å². The number of fused-ring (bicyclic) bond motifs is 1. The molecule has 0 fully saturated rings. The molecule has 4 rings (SSSR count). The molecule has 0 atom stereocenters. The third kappa shape index (κ3) is 3.94. The Kier molecular flexibility index (Phi) is 4.96. The minimum absolute atomic E-state index is 0.0225. The van der Waals surface area contributed by atoms with Crippen LogP contribution in [-0.2, 0) is 11.3 Å². The number of rotatable bonds is 5. The number of nitrogens with zero attached hydrogens (tertiary/aromatic N) is 3. The van der Waals surface area contributed by atoms with Gasteiger partial charge in [0.1, 0.15) is 10.8 Å². The minimum atomic E-state index is -0.433. The van der Waals surface area contributed by atoms with Crippen LogP contribution in [0.15, 0.2) is 54.6 Å². The van der Waals surface area contributed by atoms with E-state index in [1.165, 1.54) is 24.3 Å². The van der Waals surface area contributed by atoms with E-state index in [9.17, 15) is 18.8 Å². The molecule has 0 unspecified atom stereocenters. The summed E-state index contributed by atoms with van der Waals surface area (Å²) in [4.78, 5) is 37.9. The molecule has 0 bridgehead atoms. The smallest absolute Gasteiger partial charge is 0.261 e. The van der Waals surface area contributed by atoms with E-state index >= 15 is 0 Å². The molecule has 0 aliphatic carbocycles. The van der Waals surface area contributed by atoms with Crippen molar-refractivity contribution in [2.24, 2.45) is 0 Å². The van der Waals surface area contributed by atoms with Crippen molar-refractivity contribution >= 4 is 40.3 Å². The van der Waals surface area contributed by atoms with Crippen LogP contribution in [0.3, 0.4) is 0 Å². The van der Waals surface area contributed by atoms with E-state index in [0.29, 0.717) is 21.7 Å². The standard InChI is InChI=1S/C20H13FN4O3S/c21-13-8-5-12(6-9-13)7-10-16(26)22-20-24-23-17(29-20)11-25-18(27)14-3-1-2-4-15(14)19(25)28/h1-10H,11H2,(H,22,24,26)/b10-7+. The van der Waals surface area contributed by atoms with Gasteiger partial charge in [-0.1, -0.05) is 35.6 Å². The summed E-state index contributed by atoms with van der Waals surface area (Å²) in [5, 5.41) is 11.0. The van der Waals surface area contributed by atoms with Gasteiger partial charge in [0, 0.05) is 6.08 Å². The monoisotopic (exact) mass is 408 g/mol. The van der Waals surface area contributed by atoms with Gasteiger partial charge in [0.2, 0.25) is 11.0 Å². The fourth-order valence-corrected chi connectivity index (χ4v) is 3.51. The maximum atomic E-state index is 12.9. The van der Waals surface area contributed by atoms with Crippen molar-refractivity contribution in [3.05, 3.63) is 82.1 Å². The maximum absolute atomic E-state index is 12.9. The highest BCUT2D eigenvalue weighted by molar-refractivity contribution is 7.15. The van der Waals surface area contributed by atoms with Crippen LogP contribution in [0.2, 0.25) is 0 Å². The first-order valence-corrected chi connectivity index (χ1v) is 9.35. The van der Waals surface area contributed by atoms with Crippen LogP contribution in [0.4, 0.5) is 9.52 Å². The van der Waals surface area contributed by atoms with Crippen molar-refractivity contribution in [2.75, 3.05) is 5.32 Å². The van der Waals surface area contributed by atoms with Crippen LogP contribution in [0.25, 0.3) is 6.08 Å². The third-order valence-electron chi connectivity index (χ3n) is 4.17. The second kappa shape index (κ2) is 7.72. The maximum Gasteiger partial charge on any atom is 0.261 e. The van der Waals surface area contributed by atoms with Gasteiger partial charge in [0.05, 0.1) is 17.7 Å². The highest BCUT2D eigenvalue weighted by Gasteiger charge is 2.35. The molecular weight excluding hydrogens is 395 g/mol. The second-order valence-electron chi connectivity index (χ2n) is 6.12. The molecule has 0 radical (unpaired) electrons. The molecular formula is C20H13FN4O3S. The summed E-state index contributed by atoms with van der Waals surface area (Å²) in [7, 11) is 0. The Morgan fingerprint density at radius 2 is 1.69 bits per heavy atom. The van der Waals surface area contributed by atoms with Crippen LogP contribution in [-0.4, -0.2) is 32.8 Å². The van der Waals surface area contributed by atoms with E-state index in [-0.39, 0.29) is 29.3 Å². The molecule has 2 heterocycles. The molecule has 3 aromatic rings. The van der Waals surface area contributed by atoms with Gasteiger partial charge < -0.3 is 0 Å². The summed E-state index contributed by atoms with van der Waals surface area (Å²) >= 11 is 1.07. The lowest BCUT2D eigenvalue weighted by molar-refractivity contribution is -0.111. The Morgan fingerprint density at radius 1 is 1.03 bits per heavy atom. The number of anilines is 1. The highest BCUT2D eigenvalue weighted by Crippen LogP contribution is 2.25. The lowest BCUT2D eigenvalue weighted by Gasteiger charge is -2.10. The first-order chi connectivity index (χ1) is 14.0. The molecule has 9 heteroatoms. The number of carbonyl (C=O) groups excluding carboxylic acids is 3. The molecule has 1 aromatic heterocycles. The number of benzene rings is 2. The summed E-state index contributed by atoms with van der Waals surface area (Å²) in [6, 6.07) is 12.3. The molecule has 0 spiro atoms. The zero-order chi connectivity index (χ0) is 20.4. The van der Waals surface area contributed by atoms with Gasteiger partial charge in [-0.15, -0.1) is 10.2 Å². The lowest BCUT2D eigenvalue weighted by atomic mass is 10.1. The van der Waals surface area contributed by atoms with Crippen molar-refractivity contribution in [2.45, 2.75) is 6.54 Å². The first kappa shape index (κ1) is 18.6. The number of carbonyl (C=O) groups is 3. The number of imide groups is 1. The van der Waals surface area contributed by atoms with Crippen molar-refractivity contribution in [3.63, 3.8) is 0 Å². The van der Waals surface area contributed by atoms with Gasteiger partial charge in [-0.25, -0.2) is 4.39 Å². The molecule has 1 aliphatic rings. The van der Waals surface area contributed by atoms with Crippen LogP contribution in [0.1, 0.15) is 31.3 Å². The molecule has 7 nitrogen and oxygen atoms in total. The Bertz CT molecular complexity index is 1110. The summed E-state index contributed by atoms with van der Waals surface area (Å²) in [6.45, 7) is -0.0225. The fourth-order valence-electron chi connectivity index (χ4n) is 2.78. The van der Waals surface area contributed by atoms with Gasteiger partial charge in [-0.05, 0) is 35.9 Å². The second-order valence-corrected chi connectivity index (χ2v) is 7.18. The fraction of sp³-hybridized carbons (Fsp3) is 0.0500. The van der Waals surface area contributed by atoms with E-state index in [4.69, 9.17) is 0 Å². The third-order valence-corrected chi connectivity index (χ3v) is 4.99. The molecule has 0 saturated carbocycles. The Hall–Kier alpha value is -3.72. The Morgan fingerprint density at radius 3 is 2.34 bits per heavy atom.